The number of aromatic nitrogens is 1. The Labute approximate surface area is 122 Å². The normalized spacial score (nSPS) is 11.1. The van der Waals surface area contributed by atoms with Crippen LogP contribution in [0.25, 0.3) is 11.3 Å². The van der Waals surface area contributed by atoms with Crippen molar-refractivity contribution in [2.24, 2.45) is 5.92 Å². The maximum atomic E-state index is 6.13. The lowest BCUT2D eigenvalue weighted by atomic mass is 9.96. The molecular weight excluding hydrogens is 244 g/mol. The van der Waals surface area contributed by atoms with Crippen molar-refractivity contribution >= 4 is 5.82 Å². The van der Waals surface area contributed by atoms with Crippen molar-refractivity contribution in [3.8, 4) is 11.3 Å². The van der Waals surface area contributed by atoms with Crippen LogP contribution in [0.4, 0.5) is 5.82 Å². The van der Waals surface area contributed by atoms with Gasteiger partial charge in [-0.3, -0.25) is 0 Å². The van der Waals surface area contributed by atoms with Crippen molar-refractivity contribution in [1.82, 2.24) is 4.98 Å². The predicted molar refractivity (Wildman–Crippen MR) is 86.8 cm³/mol. The summed E-state index contributed by atoms with van der Waals surface area (Å²) >= 11 is 0. The summed E-state index contributed by atoms with van der Waals surface area (Å²) in [5.74, 6) is 1.25. The summed E-state index contributed by atoms with van der Waals surface area (Å²) in [6.45, 7) is 10.8. The summed E-state index contributed by atoms with van der Waals surface area (Å²) in [7, 11) is 0. The molecule has 0 aliphatic heterocycles. The average Bonchev–Trinajstić information content (AvgIpc) is 2.30. The molecule has 106 valence electrons. The van der Waals surface area contributed by atoms with E-state index in [2.05, 4.69) is 63.9 Å². The van der Waals surface area contributed by atoms with Crippen molar-refractivity contribution in [1.29, 1.82) is 0 Å². The SMILES string of the molecule is Cc1cc(C)c(-c2ccc(CC(C)C)c(N)n2)c(C)c1. The smallest absolute Gasteiger partial charge is 0.127 e. The highest BCUT2D eigenvalue weighted by atomic mass is 14.8. The van der Waals surface area contributed by atoms with Crippen LogP contribution in [0.2, 0.25) is 0 Å². The number of aryl methyl sites for hydroxylation is 3. The van der Waals surface area contributed by atoms with Crippen molar-refractivity contribution in [2.45, 2.75) is 41.0 Å². The highest BCUT2D eigenvalue weighted by Crippen LogP contribution is 2.28. The minimum Gasteiger partial charge on any atom is -0.383 e. The topological polar surface area (TPSA) is 38.9 Å². The highest BCUT2D eigenvalue weighted by molar-refractivity contribution is 5.69. The van der Waals surface area contributed by atoms with Crippen LogP contribution in [0, 0.1) is 26.7 Å². The Hall–Kier alpha value is -1.83. The number of rotatable bonds is 3. The predicted octanol–water partition coefficient (Wildman–Crippen LogP) is 4.45. The Bertz CT molecular complexity index is 604. The second-order valence-electron chi connectivity index (χ2n) is 6.11. The van der Waals surface area contributed by atoms with Gasteiger partial charge in [0.15, 0.2) is 0 Å². The first-order chi connectivity index (χ1) is 9.38. The van der Waals surface area contributed by atoms with E-state index in [9.17, 15) is 0 Å². The monoisotopic (exact) mass is 268 g/mol. The third kappa shape index (κ3) is 3.01. The van der Waals surface area contributed by atoms with E-state index >= 15 is 0 Å². The summed E-state index contributed by atoms with van der Waals surface area (Å²) in [6.07, 6.45) is 0.977. The van der Waals surface area contributed by atoms with Gasteiger partial charge in [0.1, 0.15) is 5.82 Å². The molecule has 0 unspecified atom stereocenters. The second-order valence-corrected chi connectivity index (χ2v) is 6.11. The summed E-state index contributed by atoms with van der Waals surface area (Å²) < 4.78 is 0. The average molecular weight is 268 g/mol. The maximum Gasteiger partial charge on any atom is 0.127 e. The lowest BCUT2D eigenvalue weighted by Gasteiger charge is -2.13. The molecule has 0 spiro atoms. The lowest BCUT2D eigenvalue weighted by Crippen LogP contribution is -2.03. The van der Waals surface area contributed by atoms with Gasteiger partial charge >= 0.3 is 0 Å². The van der Waals surface area contributed by atoms with E-state index in [1.54, 1.807) is 0 Å². The first-order valence-corrected chi connectivity index (χ1v) is 7.22. The van der Waals surface area contributed by atoms with E-state index in [1.807, 2.05) is 0 Å². The first-order valence-electron chi connectivity index (χ1n) is 7.22. The van der Waals surface area contributed by atoms with Crippen LogP contribution in [0.3, 0.4) is 0 Å². The lowest BCUT2D eigenvalue weighted by molar-refractivity contribution is 0.647. The van der Waals surface area contributed by atoms with Gasteiger partial charge in [-0.15, -0.1) is 0 Å². The number of nitrogen functional groups attached to an aromatic ring is 1. The summed E-state index contributed by atoms with van der Waals surface area (Å²) in [6, 6.07) is 8.61. The fourth-order valence-corrected chi connectivity index (χ4v) is 2.84. The zero-order valence-corrected chi connectivity index (χ0v) is 13.1. The highest BCUT2D eigenvalue weighted by Gasteiger charge is 2.11. The summed E-state index contributed by atoms with van der Waals surface area (Å²) in [5, 5.41) is 0. The van der Waals surface area contributed by atoms with Gasteiger partial charge in [0.05, 0.1) is 5.69 Å². The minimum atomic E-state index is 0.591. The molecule has 0 radical (unpaired) electrons. The molecular formula is C18H24N2. The Kier molecular flexibility index (Phi) is 4.12. The molecule has 0 saturated carbocycles. The molecule has 1 aromatic carbocycles. The van der Waals surface area contributed by atoms with Gasteiger partial charge in [-0.2, -0.15) is 0 Å². The van der Waals surface area contributed by atoms with E-state index in [4.69, 9.17) is 5.73 Å². The molecule has 2 nitrogen and oxygen atoms in total. The van der Waals surface area contributed by atoms with Crippen LogP contribution in [0.5, 0.6) is 0 Å². The number of hydrogen-bond acceptors (Lipinski definition) is 2. The van der Waals surface area contributed by atoms with Crippen LogP contribution in [-0.4, -0.2) is 4.98 Å². The Morgan fingerprint density at radius 3 is 2.15 bits per heavy atom. The van der Waals surface area contributed by atoms with Crippen molar-refractivity contribution in [2.75, 3.05) is 5.73 Å². The third-order valence-corrected chi connectivity index (χ3v) is 3.57. The van der Waals surface area contributed by atoms with Crippen molar-refractivity contribution < 1.29 is 0 Å². The van der Waals surface area contributed by atoms with Gasteiger partial charge in [-0.1, -0.05) is 37.6 Å². The summed E-state index contributed by atoms with van der Waals surface area (Å²) in [4.78, 5) is 4.63. The molecule has 20 heavy (non-hydrogen) atoms. The van der Waals surface area contributed by atoms with E-state index in [-0.39, 0.29) is 0 Å². The molecule has 0 atom stereocenters. The zero-order chi connectivity index (χ0) is 14.9. The number of benzene rings is 1. The summed E-state index contributed by atoms with van der Waals surface area (Å²) in [5.41, 5.74) is 13.3. The van der Waals surface area contributed by atoms with E-state index in [0.29, 0.717) is 11.7 Å². The Morgan fingerprint density at radius 2 is 1.65 bits per heavy atom. The van der Waals surface area contributed by atoms with E-state index in [1.165, 1.54) is 22.3 Å². The molecule has 0 aliphatic carbocycles. The van der Waals surface area contributed by atoms with Gasteiger partial charge in [0.2, 0.25) is 0 Å². The Balaban J connectivity index is 2.47. The number of hydrogen-bond donors (Lipinski definition) is 1. The van der Waals surface area contributed by atoms with Gasteiger partial charge < -0.3 is 5.73 Å². The number of anilines is 1. The second kappa shape index (κ2) is 5.66. The van der Waals surface area contributed by atoms with Crippen LogP contribution < -0.4 is 5.73 Å². The maximum absolute atomic E-state index is 6.13. The molecule has 2 rings (SSSR count). The molecule has 0 fully saturated rings. The van der Waals surface area contributed by atoms with Gasteiger partial charge in [0, 0.05) is 5.56 Å². The number of nitrogens with zero attached hydrogens (tertiary/aromatic N) is 1. The number of nitrogens with two attached hydrogens (primary N) is 1. The quantitative estimate of drug-likeness (QED) is 0.893. The molecule has 0 bridgehead atoms. The molecule has 2 aromatic rings. The molecule has 1 heterocycles. The minimum absolute atomic E-state index is 0.591. The molecule has 2 heteroatoms. The first kappa shape index (κ1) is 14.6. The third-order valence-electron chi connectivity index (χ3n) is 3.57. The molecule has 1 aromatic heterocycles. The fraction of sp³-hybridized carbons (Fsp3) is 0.389. The molecule has 0 amide bonds. The van der Waals surface area contributed by atoms with Gasteiger partial charge in [-0.05, 0) is 55.9 Å². The van der Waals surface area contributed by atoms with E-state index < -0.39 is 0 Å². The van der Waals surface area contributed by atoms with Crippen LogP contribution in [-0.2, 0) is 6.42 Å². The van der Waals surface area contributed by atoms with Crippen LogP contribution >= 0.6 is 0 Å². The zero-order valence-electron chi connectivity index (χ0n) is 13.1. The van der Waals surface area contributed by atoms with Gasteiger partial charge in [0.25, 0.3) is 0 Å². The van der Waals surface area contributed by atoms with Crippen molar-refractivity contribution in [3.63, 3.8) is 0 Å². The number of pyridine rings is 1. The largest absolute Gasteiger partial charge is 0.383 e. The fourth-order valence-electron chi connectivity index (χ4n) is 2.84. The van der Waals surface area contributed by atoms with Crippen LogP contribution in [0.15, 0.2) is 24.3 Å². The van der Waals surface area contributed by atoms with Gasteiger partial charge in [-0.25, -0.2) is 4.98 Å². The van der Waals surface area contributed by atoms with Crippen LogP contribution in [0.1, 0.15) is 36.1 Å². The molecule has 2 N–H and O–H groups in total. The molecule has 0 aliphatic rings. The molecule has 0 saturated heterocycles. The van der Waals surface area contributed by atoms with E-state index in [0.717, 1.165) is 17.7 Å². The standard InChI is InChI=1S/C18H24N2/c1-11(2)8-15-6-7-16(20-18(15)19)17-13(4)9-12(3)10-14(17)5/h6-7,9-11H,8H2,1-5H3,(H2,19,20). The Morgan fingerprint density at radius 1 is 1.05 bits per heavy atom. The van der Waals surface area contributed by atoms with Crippen molar-refractivity contribution in [3.05, 3.63) is 46.5 Å².